The molecule has 0 saturated carbocycles. The van der Waals surface area contributed by atoms with Gasteiger partial charge in [-0.1, -0.05) is 11.6 Å². The topological polar surface area (TPSA) is 34.1 Å². The highest BCUT2D eigenvalue weighted by atomic mass is 35.5. The zero-order chi connectivity index (χ0) is 8.65. The lowest BCUT2D eigenvalue weighted by atomic mass is 10.2. The van der Waals surface area contributed by atoms with E-state index in [4.69, 9.17) is 11.6 Å². The van der Waals surface area contributed by atoms with Crippen LogP contribution in [0.1, 0.15) is 13.8 Å². The molecule has 2 nitrogen and oxygen atoms in total. The highest BCUT2D eigenvalue weighted by Crippen LogP contribution is 2.25. The van der Waals surface area contributed by atoms with Crippen molar-refractivity contribution < 1.29 is 8.42 Å². The Bertz CT molecular complexity index is 335. The number of allylic oxidation sites excluding steroid dienone is 2. The summed E-state index contributed by atoms with van der Waals surface area (Å²) in [5, 5.41) is 1.81. The summed E-state index contributed by atoms with van der Waals surface area (Å²) in [7, 11) is -3.02. The summed E-state index contributed by atoms with van der Waals surface area (Å²) < 4.78 is 22.1. The van der Waals surface area contributed by atoms with E-state index >= 15 is 0 Å². The summed E-state index contributed by atoms with van der Waals surface area (Å²) in [5.41, 5.74) is 1.36. The smallest absolute Gasteiger partial charge is 0.175 e. The highest BCUT2D eigenvalue weighted by molar-refractivity contribution is 7.94. The van der Waals surface area contributed by atoms with Gasteiger partial charge in [0.25, 0.3) is 0 Å². The lowest BCUT2D eigenvalue weighted by molar-refractivity contribution is 0.606. The van der Waals surface area contributed by atoms with Gasteiger partial charge in [-0.2, -0.15) is 0 Å². The normalized spacial score (nSPS) is 23.4. The first kappa shape index (κ1) is 8.81. The zero-order valence-electron chi connectivity index (χ0n) is 6.39. The van der Waals surface area contributed by atoms with E-state index in [1.165, 1.54) is 5.41 Å². The summed E-state index contributed by atoms with van der Waals surface area (Å²) in [6.45, 7) is 3.43. The number of sulfone groups is 1. The summed E-state index contributed by atoms with van der Waals surface area (Å²) in [4.78, 5) is 0. The lowest BCUT2D eigenvalue weighted by Crippen LogP contribution is -2.10. The third-order valence-corrected chi connectivity index (χ3v) is 3.66. The van der Waals surface area contributed by atoms with Gasteiger partial charge in [-0.3, -0.25) is 0 Å². The van der Waals surface area contributed by atoms with Gasteiger partial charge in [-0.15, -0.1) is 0 Å². The van der Waals surface area contributed by atoms with Crippen LogP contribution in [0.5, 0.6) is 0 Å². The maximum atomic E-state index is 11.0. The molecule has 1 heterocycles. The zero-order valence-corrected chi connectivity index (χ0v) is 7.96. The molecule has 1 aliphatic rings. The predicted molar refractivity (Wildman–Crippen MR) is 46.1 cm³/mol. The summed E-state index contributed by atoms with van der Waals surface area (Å²) in [6.07, 6.45) is 0. The van der Waals surface area contributed by atoms with Gasteiger partial charge < -0.3 is 0 Å². The molecule has 0 radical (unpaired) electrons. The maximum Gasteiger partial charge on any atom is 0.175 e. The molecule has 0 saturated heterocycles. The minimum atomic E-state index is -3.02. The van der Waals surface area contributed by atoms with E-state index in [1.54, 1.807) is 13.8 Å². The Morgan fingerprint density at radius 2 is 2.00 bits per heavy atom. The van der Waals surface area contributed by atoms with Crippen LogP contribution in [-0.4, -0.2) is 14.2 Å². The number of hydrogen-bond acceptors (Lipinski definition) is 2. The largest absolute Gasteiger partial charge is 0.224 e. The SMILES string of the molecule is CC1=CS(=O)(=O)CC(C)=C1Cl. The standard InChI is InChI=1S/C7H9ClO2S/c1-5-3-11(9,10)4-6(2)7(5)8/h3H,4H2,1-2H3. The summed E-state index contributed by atoms with van der Waals surface area (Å²) >= 11 is 5.79. The third-order valence-electron chi connectivity index (χ3n) is 1.49. The van der Waals surface area contributed by atoms with Gasteiger partial charge in [0.05, 0.1) is 5.75 Å². The van der Waals surface area contributed by atoms with Crippen LogP contribution in [0.4, 0.5) is 0 Å². The molecule has 0 aromatic carbocycles. The van der Waals surface area contributed by atoms with Crippen LogP contribution in [-0.2, 0) is 9.84 Å². The van der Waals surface area contributed by atoms with Crippen LogP contribution >= 0.6 is 11.6 Å². The van der Waals surface area contributed by atoms with E-state index in [0.717, 1.165) is 5.57 Å². The van der Waals surface area contributed by atoms with Crippen LogP contribution in [0.25, 0.3) is 0 Å². The van der Waals surface area contributed by atoms with Crippen molar-refractivity contribution in [3.63, 3.8) is 0 Å². The van der Waals surface area contributed by atoms with E-state index < -0.39 is 9.84 Å². The van der Waals surface area contributed by atoms with Crippen molar-refractivity contribution in [3.05, 3.63) is 21.6 Å². The fourth-order valence-corrected chi connectivity index (χ4v) is 2.82. The fraction of sp³-hybridized carbons (Fsp3) is 0.429. The molecule has 4 heteroatoms. The van der Waals surface area contributed by atoms with Gasteiger partial charge >= 0.3 is 0 Å². The molecule has 0 aromatic heterocycles. The third kappa shape index (κ3) is 1.84. The van der Waals surface area contributed by atoms with Crippen molar-refractivity contribution in [2.45, 2.75) is 13.8 Å². The summed E-state index contributed by atoms with van der Waals surface area (Å²) in [6, 6.07) is 0. The second-order valence-electron chi connectivity index (χ2n) is 2.70. The van der Waals surface area contributed by atoms with E-state index in [-0.39, 0.29) is 5.75 Å². The molecule has 0 fully saturated rings. The van der Waals surface area contributed by atoms with Crippen molar-refractivity contribution in [1.29, 1.82) is 0 Å². The first-order valence-corrected chi connectivity index (χ1v) is 5.28. The van der Waals surface area contributed by atoms with Gasteiger partial charge in [0, 0.05) is 10.4 Å². The fourth-order valence-electron chi connectivity index (χ4n) is 1.06. The number of hydrogen-bond donors (Lipinski definition) is 0. The maximum absolute atomic E-state index is 11.0. The molecule has 0 atom stereocenters. The van der Waals surface area contributed by atoms with Crippen LogP contribution in [0.3, 0.4) is 0 Å². The predicted octanol–water partition coefficient (Wildman–Crippen LogP) is 1.83. The minimum absolute atomic E-state index is 0.0587. The molecule has 1 aliphatic heterocycles. The van der Waals surface area contributed by atoms with Crippen molar-refractivity contribution in [1.82, 2.24) is 0 Å². The van der Waals surface area contributed by atoms with E-state index in [9.17, 15) is 8.42 Å². The van der Waals surface area contributed by atoms with Gasteiger partial charge in [-0.05, 0) is 25.0 Å². The molecule has 1 rings (SSSR count). The van der Waals surface area contributed by atoms with Gasteiger partial charge in [0.2, 0.25) is 0 Å². The quantitative estimate of drug-likeness (QED) is 0.587. The van der Waals surface area contributed by atoms with Gasteiger partial charge in [0.1, 0.15) is 0 Å². The Balaban J connectivity index is 3.22. The monoisotopic (exact) mass is 192 g/mol. The van der Waals surface area contributed by atoms with E-state index in [1.807, 2.05) is 0 Å². The lowest BCUT2D eigenvalue weighted by Gasteiger charge is -2.11. The number of halogens is 1. The van der Waals surface area contributed by atoms with Crippen molar-refractivity contribution in [3.8, 4) is 0 Å². The summed E-state index contributed by atoms with van der Waals surface area (Å²) in [5.74, 6) is 0.0587. The molecule has 0 N–H and O–H groups in total. The van der Waals surface area contributed by atoms with Gasteiger partial charge in [-0.25, -0.2) is 8.42 Å². The van der Waals surface area contributed by atoms with Crippen molar-refractivity contribution in [2.24, 2.45) is 0 Å². The van der Waals surface area contributed by atoms with Crippen molar-refractivity contribution >= 4 is 21.4 Å². The molecular formula is C7H9ClO2S. The Morgan fingerprint density at radius 1 is 1.45 bits per heavy atom. The Labute approximate surface area is 71.5 Å². The molecule has 0 spiro atoms. The Morgan fingerprint density at radius 3 is 2.45 bits per heavy atom. The van der Waals surface area contributed by atoms with E-state index in [2.05, 4.69) is 0 Å². The molecule has 11 heavy (non-hydrogen) atoms. The second-order valence-corrected chi connectivity index (χ2v) is 4.93. The van der Waals surface area contributed by atoms with Crippen LogP contribution in [0.2, 0.25) is 0 Å². The van der Waals surface area contributed by atoms with Gasteiger partial charge in [0.15, 0.2) is 9.84 Å². The van der Waals surface area contributed by atoms with Crippen molar-refractivity contribution in [2.75, 3.05) is 5.75 Å². The number of rotatable bonds is 0. The average Bonchev–Trinajstić information content (AvgIpc) is 1.81. The first-order chi connectivity index (χ1) is 4.92. The molecule has 0 unspecified atom stereocenters. The molecule has 0 aromatic rings. The van der Waals surface area contributed by atoms with Crippen LogP contribution in [0.15, 0.2) is 21.6 Å². The second kappa shape index (κ2) is 2.64. The molecule has 0 aliphatic carbocycles. The Hall–Kier alpha value is -0.280. The molecule has 62 valence electrons. The minimum Gasteiger partial charge on any atom is -0.224 e. The van der Waals surface area contributed by atoms with Crippen LogP contribution in [0, 0.1) is 0 Å². The highest BCUT2D eigenvalue weighted by Gasteiger charge is 2.17. The first-order valence-electron chi connectivity index (χ1n) is 3.19. The van der Waals surface area contributed by atoms with E-state index in [0.29, 0.717) is 10.6 Å². The van der Waals surface area contributed by atoms with Crippen LogP contribution < -0.4 is 0 Å². The average molecular weight is 193 g/mol. The molecule has 0 amide bonds. The molecule has 0 bridgehead atoms. The Kier molecular flexibility index (Phi) is 2.12. The molecular weight excluding hydrogens is 184 g/mol.